The molecule has 0 unspecified atom stereocenters. The molecule has 4 heterocycles. The van der Waals surface area contributed by atoms with Gasteiger partial charge in [0.1, 0.15) is 11.9 Å². The zero-order valence-corrected chi connectivity index (χ0v) is 20.8. The summed E-state index contributed by atoms with van der Waals surface area (Å²) in [4.78, 5) is 45.2. The number of benzene rings is 1. The molecule has 0 saturated carbocycles. The largest absolute Gasteiger partial charge is 0.390 e. The Hall–Kier alpha value is -3.17. The lowest BCUT2D eigenvalue weighted by molar-refractivity contribution is -0.137. The van der Waals surface area contributed by atoms with E-state index in [9.17, 15) is 19.5 Å². The predicted molar refractivity (Wildman–Crippen MR) is 130 cm³/mol. The molecule has 0 bridgehead atoms. The maximum absolute atomic E-state index is 15.9. The summed E-state index contributed by atoms with van der Waals surface area (Å²) in [6, 6.07) is 5.48. The van der Waals surface area contributed by atoms with Crippen LogP contribution in [0.1, 0.15) is 67.6 Å². The van der Waals surface area contributed by atoms with Crippen molar-refractivity contribution in [3.8, 4) is 11.3 Å². The topological polar surface area (TPSA) is 103 Å². The molecule has 1 aromatic heterocycles. The molecule has 3 atom stereocenters. The van der Waals surface area contributed by atoms with Gasteiger partial charge in [-0.2, -0.15) is 0 Å². The quantitative estimate of drug-likeness (QED) is 0.620. The van der Waals surface area contributed by atoms with Crippen LogP contribution in [0.15, 0.2) is 30.5 Å². The number of hydrogen-bond acceptors (Lipinski definition) is 6. The fourth-order valence-electron chi connectivity index (χ4n) is 5.73. The Morgan fingerprint density at radius 2 is 1.92 bits per heavy atom. The van der Waals surface area contributed by atoms with Gasteiger partial charge < -0.3 is 10.0 Å². The van der Waals surface area contributed by atoms with Crippen LogP contribution >= 0.6 is 0 Å². The summed E-state index contributed by atoms with van der Waals surface area (Å²) in [6.07, 6.45) is 2.94. The molecule has 0 radical (unpaired) electrons. The van der Waals surface area contributed by atoms with E-state index in [-0.39, 0.29) is 35.8 Å². The summed E-state index contributed by atoms with van der Waals surface area (Å²) >= 11 is 0. The van der Waals surface area contributed by atoms with Gasteiger partial charge in [-0.1, -0.05) is 0 Å². The summed E-state index contributed by atoms with van der Waals surface area (Å²) in [5, 5.41) is 12.6. The first-order chi connectivity index (χ1) is 17.0. The van der Waals surface area contributed by atoms with Crippen molar-refractivity contribution in [2.75, 3.05) is 13.1 Å². The maximum atomic E-state index is 15.9. The number of rotatable bonds is 5. The number of nitrogens with zero attached hydrogens (tertiary/aromatic N) is 3. The van der Waals surface area contributed by atoms with Gasteiger partial charge in [0.15, 0.2) is 0 Å². The van der Waals surface area contributed by atoms with Gasteiger partial charge >= 0.3 is 0 Å². The number of pyridine rings is 1. The van der Waals surface area contributed by atoms with E-state index >= 15 is 4.39 Å². The van der Waals surface area contributed by atoms with Crippen LogP contribution in [-0.4, -0.2) is 62.3 Å². The number of fused-ring (bicyclic) bond motifs is 1. The molecular weight excluding hydrogens is 463 g/mol. The third-order valence-electron chi connectivity index (χ3n) is 7.80. The van der Waals surface area contributed by atoms with E-state index in [0.717, 1.165) is 25.1 Å². The van der Waals surface area contributed by atoms with E-state index in [4.69, 9.17) is 0 Å². The van der Waals surface area contributed by atoms with Gasteiger partial charge in [0.2, 0.25) is 11.8 Å². The van der Waals surface area contributed by atoms with Crippen molar-refractivity contribution < 1.29 is 23.9 Å². The predicted octanol–water partition coefficient (Wildman–Crippen LogP) is 2.80. The zero-order valence-electron chi connectivity index (χ0n) is 20.8. The number of piperidine rings is 1. The summed E-state index contributed by atoms with van der Waals surface area (Å²) in [6.45, 7) is 7.74. The van der Waals surface area contributed by atoms with Crippen molar-refractivity contribution in [3.05, 3.63) is 53.0 Å². The van der Waals surface area contributed by atoms with Gasteiger partial charge in [0.25, 0.3) is 5.91 Å². The standard InChI is InChI=1S/C27H31FN4O4/c1-15-23-19(26(35)32(15)21-6-7-22(33)30-25(21)34)5-4-18(24(23)28)20-12-16(8-10-29-20)13-31-11-9-17(14-31)27(2,3)36/h4-5,8,10,12,15,17,21,36H,6-7,9,11,13-14H2,1-3H3,(H,30,33,34)/t15-,17+,21+/m1/s1. The summed E-state index contributed by atoms with van der Waals surface area (Å²) in [5.41, 5.74) is 1.54. The van der Waals surface area contributed by atoms with Gasteiger partial charge in [-0.3, -0.25) is 29.6 Å². The highest BCUT2D eigenvalue weighted by atomic mass is 19.1. The number of nitrogens with one attached hydrogen (secondary N) is 1. The van der Waals surface area contributed by atoms with Gasteiger partial charge in [-0.25, -0.2) is 4.39 Å². The van der Waals surface area contributed by atoms with E-state index in [1.54, 1.807) is 25.3 Å². The molecule has 190 valence electrons. The average molecular weight is 495 g/mol. The van der Waals surface area contributed by atoms with Crippen molar-refractivity contribution in [1.82, 2.24) is 20.1 Å². The summed E-state index contributed by atoms with van der Waals surface area (Å²) in [7, 11) is 0. The number of halogens is 1. The van der Waals surface area contributed by atoms with Crippen LogP contribution < -0.4 is 5.32 Å². The number of carbonyl (C=O) groups excluding carboxylic acids is 3. The van der Waals surface area contributed by atoms with Crippen LogP contribution in [0.4, 0.5) is 4.39 Å². The van der Waals surface area contributed by atoms with Crippen molar-refractivity contribution >= 4 is 17.7 Å². The smallest absolute Gasteiger partial charge is 0.255 e. The van der Waals surface area contributed by atoms with Crippen molar-refractivity contribution in [1.29, 1.82) is 0 Å². The van der Waals surface area contributed by atoms with Crippen LogP contribution in [0.3, 0.4) is 0 Å². The molecule has 8 nitrogen and oxygen atoms in total. The Kier molecular flexibility index (Phi) is 6.16. The minimum absolute atomic E-state index is 0.140. The summed E-state index contributed by atoms with van der Waals surface area (Å²) < 4.78 is 15.9. The van der Waals surface area contributed by atoms with Gasteiger partial charge in [-0.15, -0.1) is 0 Å². The number of hydrogen-bond donors (Lipinski definition) is 2. The number of aromatic nitrogens is 1. The number of likely N-dealkylation sites (tertiary alicyclic amines) is 1. The van der Waals surface area contributed by atoms with Crippen molar-refractivity contribution in [3.63, 3.8) is 0 Å². The van der Waals surface area contributed by atoms with Gasteiger partial charge in [0, 0.05) is 48.3 Å². The molecule has 0 aliphatic carbocycles. The average Bonchev–Trinajstić information content (AvgIpc) is 3.38. The monoisotopic (exact) mass is 494 g/mol. The lowest BCUT2D eigenvalue weighted by Crippen LogP contribution is -2.53. The third-order valence-corrected chi connectivity index (χ3v) is 7.80. The van der Waals surface area contributed by atoms with E-state index in [0.29, 0.717) is 17.8 Å². The molecular formula is C27H31FN4O4. The first-order valence-corrected chi connectivity index (χ1v) is 12.4. The second-order valence-electron chi connectivity index (χ2n) is 10.7. The Bertz CT molecular complexity index is 1240. The Morgan fingerprint density at radius 3 is 2.61 bits per heavy atom. The minimum Gasteiger partial charge on any atom is -0.390 e. The molecule has 1 aromatic carbocycles. The van der Waals surface area contributed by atoms with Crippen LogP contribution in [0.25, 0.3) is 11.3 Å². The number of amides is 3. The molecule has 9 heteroatoms. The molecule has 2 aromatic rings. The highest BCUT2D eigenvalue weighted by molar-refractivity contribution is 6.06. The van der Waals surface area contributed by atoms with Gasteiger partial charge in [0.05, 0.1) is 17.3 Å². The normalized spacial score (nSPS) is 24.9. The molecule has 0 spiro atoms. The second kappa shape index (κ2) is 9.05. The molecule has 2 N–H and O–H groups in total. The van der Waals surface area contributed by atoms with E-state index in [1.165, 1.54) is 4.90 Å². The third kappa shape index (κ3) is 4.30. The zero-order chi connectivity index (χ0) is 25.8. The van der Waals surface area contributed by atoms with Crippen molar-refractivity contribution in [2.45, 2.75) is 64.3 Å². The maximum Gasteiger partial charge on any atom is 0.255 e. The van der Waals surface area contributed by atoms with Crippen LogP contribution in [0.5, 0.6) is 0 Å². The van der Waals surface area contributed by atoms with E-state index < -0.39 is 35.3 Å². The fraction of sp³-hybridized carbons (Fsp3) is 0.481. The van der Waals surface area contributed by atoms with E-state index in [2.05, 4.69) is 15.2 Å². The highest BCUT2D eigenvalue weighted by Crippen LogP contribution is 2.41. The first kappa shape index (κ1) is 24.5. The van der Waals surface area contributed by atoms with Crippen LogP contribution in [0.2, 0.25) is 0 Å². The molecule has 2 saturated heterocycles. The lowest BCUT2D eigenvalue weighted by atomic mass is 9.90. The number of carbonyl (C=O) groups is 3. The molecule has 3 aliphatic rings. The molecule has 3 aliphatic heterocycles. The Morgan fingerprint density at radius 1 is 1.17 bits per heavy atom. The second-order valence-corrected chi connectivity index (χ2v) is 10.7. The Balaban J connectivity index is 1.39. The summed E-state index contributed by atoms with van der Waals surface area (Å²) in [5.74, 6) is -1.61. The van der Waals surface area contributed by atoms with Crippen molar-refractivity contribution in [2.24, 2.45) is 5.92 Å². The fourth-order valence-corrected chi connectivity index (χ4v) is 5.73. The van der Waals surface area contributed by atoms with Crippen LogP contribution in [0, 0.1) is 11.7 Å². The number of imide groups is 1. The highest BCUT2D eigenvalue weighted by Gasteiger charge is 2.45. The molecule has 2 fully saturated rings. The first-order valence-electron chi connectivity index (χ1n) is 12.4. The Labute approximate surface area is 209 Å². The lowest BCUT2D eigenvalue weighted by Gasteiger charge is -2.32. The SMILES string of the molecule is C[C@@H]1c2c(ccc(-c3cc(CN4CC[C@H](C(C)(C)O)C4)ccn3)c2F)C(=O)N1[C@H]1CCC(=O)NC1=O. The minimum atomic E-state index is -0.810. The van der Waals surface area contributed by atoms with Gasteiger partial charge in [-0.05, 0) is 70.0 Å². The molecule has 5 rings (SSSR count). The molecule has 36 heavy (non-hydrogen) atoms. The number of aliphatic hydroxyl groups is 1. The molecule has 3 amide bonds. The van der Waals surface area contributed by atoms with Crippen LogP contribution in [-0.2, 0) is 16.1 Å². The van der Waals surface area contributed by atoms with E-state index in [1.807, 2.05) is 26.0 Å².